The number of carboxylic acid groups (broad SMARTS) is 1. The number of hydrogen-bond donors (Lipinski definition) is 3. The predicted octanol–water partition coefficient (Wildman–Crippen LogP) is 7.43. The molecule has 402 valence electrons. The average molecular weight is 1100 g/mol. The number of alkyl carbamates (subject to hydrolysis) is 1. The zero-order valence-corrected chi connectivity index (χ0v) is 46.6. The van der Waals surface area contributed by atoms with Crippen LogP contribution in [0.25, 0.3) is 4.85 Å². The van der Waals surface area contributed by atoms with Crippen molar-refractivity contribution in [2.45, 2.75) is 115 Å². The van der Waals surface area contributed by atoms with E-state index >= 15 is 0 Å². The minimum Gasteiger partial charge on any atom is -0.481 e. The number of ether oxygens (including phenoxy) is 8. The van der Waals surface area contributed by atoms with Gasteiger partial charge in [0.25, 0.3) is 0 Å². The van der Waals surface area contributed by atoms with Gasteiger partial charge in [-0.25, -0.2) is 16.4 Å². The largest absolute Gasteiger partial charge is 0.481 e. The Hall–Kier alpha value is -3.41. The number of carboxylic acids is 1. The highest BCUT2D eigenvalue weighted by Gasteiger charge is 2.55. The summed E-state index contributed by atoms with van der Waals surface area (Å²) >= 11 is 8.09. The van der Waals surface area contributed by atoms with E-state index in [-0.39, 0.29) is 124 Å². The summed E-state index contributed by atoms with van der Waals surface area (Å²) in [5.74, 6) is -2.46. The van der Waals surface area contributed by atoms with E-state index in [2.05, 4.69) is 20.5 Å². The van der Waals surface area contributed by atoms with Gasteiger partial charge in [-0.3, -0.25) is 24.0 Å². The second-order valence-corrected chi connectivity index (χ2v) is 24.4. The van der Waals surface area contributed by atoms with Crippen molar-refractivity contribution in [3.8, 4) is 0 Å². The van der Waals surface area contributed by atoms with E-state index in [0.29, 0.717) is 15.0 Å². The monoisotopic (exact) mass is 1090 g/mol. The smallest absolute Gasteiger partial charge is 0.407 e. The molecule has 2 amide bonds. The molecule has 0 fully saturated rings. The van der Waals surface area contributed by atoms with Crippen molar-refractivity contribution < 1.29 is 71.8 Å². The van der Waals surface area contributed by atoms with Crippen LogP contribution in [-0.2, 0) is 61.9 Å². The van der Waals surface area contributed by atoms with Gasteiger partial charge >= 0.3 is 30.0 Å². The molecule has 71 heavy (non-hydrogen) atoms. The van der Waals surface area contributed by atoms with Gasteiger partial charge in [-0.15, -0.1) is 11.8 Å². The van der Waals surface area contributed by atoms with Crippen LogP contribution in [0.15, 0.2) is 29.4 Å². The number of thiocarbonyl (C=S) groups is 1. The van der Waals surface area contributed by atoms with Gasteiger partial charge < -0.3 is 58.5 Å². The quantitative estimate of drug-likeness (QED) is 0.0147. The number of aromatic nitrogens is 1. The van der Waals surface area contributed by atoms with Crippen LogP contribution in [0.1, 0.15) is 93.9 Å². The fraction of sp³-hybridized carbons (Fsp3) is 0.723. The third-order valence-electron chi connectivity index (χ3n) is 9.91. The van der Waals surface area contributed by atoms with E-state index < -0.39 is 56.7 Å². The number of carbonyl (C=O) groups is 6. The van der Waals surface area contributed by atoms with Crippen LogP contribution in [0, 0.1) is 17.4 Å². The van der Waals surface area contributed by atoms with Crippen molar-refractivity contribution in [2.75, 3.05) is 97.8 Å². The third-order valence-corrected chi connectivity index (χ3v) is 14.8. The zero-order chi connectivity index (χ0) is 53.4. The molecule has 4 atom stereocenters. The minimum atomic E-state index is -1.65. The summed E-state index contributed by atoms with van der Waals surface area (Å²) < 4.78 is 43.1. The fourth-order valence-electron chi connectivity index (χ4n) is 6.96. The molecule has 1 rings (SSSR count). The van der Waals surface area contributed by atoms with Gasteiger partial charge in [0.15, 0.2) is 0 Å². The average Bonchev–Trinajstić information content (AvgIpc) is 3.29. The number of esters is 3. The summed E-state index contributed by atoms with van der Waals surface area (Å²) in [5, 5.41) is 14.9. The second-order valence-electron chi connectivity index (χ2n) is 18.0. The van der Waals surface area contributed by atoms with Gasteiger partial charge in [0.2, 0.25) is 11.4 Å². The van der Waals surface area contributed by atoms with Crippen molar-refractivity contribution in [2.24, 2.45) is 10.8 Å². The van der Waals surface area contributed by atoms with E-state index in [4.69, 9.17) is 61.8 Å². The van der Waals surface area contributed by atoms with Crippen molar-refractivity contribution in [3.05, 3.63) is 35.8 Å². The Morgan fingerprint density at radius 2 is 1.34 bits per heavy atom. The summed E-state index contributed by atoms with van der Waals surface area (Å²) in [4.78, 5) is 87.4. The van der Waals surface area contributed by atoms with Gasteiger partial charge in [0.1, 0.15) is 38.7 Å². The Labute approximate surface area is 441 Å². The molecule has 4 unspecified atom stereocenters. The number of rotatable bonds is 37. The first-order chi connectivity index (χ1) is 33.4. The molecule has 1 heterocycles. The van der Waals surface area contributed by atoms with Crippen LogP contribution in [0.2, 0.25) is 0 Å². The number of amides is 2. The number of aliphatic carboxylic acids is 1. The van der Waals surface area contributed by atoms with Crippen molar-refractivity contribution in [1.29, 1.82) is 0 Å². The molecule has 0 saturated heterocycles. The van der Waals surface area contributed by atoms with E-state index in [0.717, 1.165) is 16.8 Å². The SMILES string of the molecule is [C-]#[N+]C(C)(CCC(=O)NCCOCCOCCC(=O)O)CC(C)(CC(C)(CC(C)(SC(=S)SCC)C(=O)OCCOC)C(=O)OCCOCCNC(=O)OC(C)(C)C)C(=O)OCCSSc1ccccn1. The van der Waals surface area contributed by atoms with E-state index in [1.807, 2.05) is 19.1 Å². The topological polar surface area (TPSA) is 238 Å². The van der Waals surface area contributed by atoms with Gasteiger partial charge in [-0.2, -0.15) is 0 Å². The lowest BCUT2D eigenvalue weighted by atomic mass is 9.64. The standard InChI is InChI=1S/C47H74N4O15S5/c1-11-68-42(67)70-47(8,40(57)64-28-24-59-10)34-45(6,39(56)63-29-27-62-23-20-51-41(58)66-43(2,3)4)32-44(5,38(55)65-30-31-69-71-36-14-12-13-18-50-36)33-46(7,48-9)17-15-35(52)49-19-22-61-26-25-60-21-16-37(53)54/h12-14,18H,11,15-17,19-34H2,1-8,10H3,(H,49,52)(H,51,58)(H,53,54). The number of hydrogen-bond acceptors (Lipinski definition) is 20. The van der Waals surface area contributed by atoms with Crippen LogP contribution >= 0.6 is 57.3 Å². The van der Waals surface area contributed by atoms with Crippen LogP contribution in [0.5, 0.6) is 0 Å². The van der Waals surface area contributed by atoms with Crippen LogP contribution < -0.4 is 10.6 Å². The van der Waals surface area contributed by atoms with Crippen LogP contribution in [0.4, 0.5) is 4.79 Å². The summed E-state index contributed by atoms with van der Waals surface area (Å²) in [6, 6.07) is 5.53. The molecule has 0 spiro atoms. The number of pyridine rings is 1. The van der Waals surface area contributed by atoms with Gasteiger partial charge in [-0.05, 0) is 83.1 Å². The van der Waals surface area contributed by atoms with Crippen LogP contribution in [-0.4, -0.2) is 163 Å². The summed E-state index contributed by atoms with van der Waals surface area (Å²) in [7, 11) is 4.31. The summed E-state index contributed by atoms with van der Waals surface area (Å²) in [6.07, 6.45) is 0.250. The molecule has 0 aromatic carbocycles. The molecule has 19 nitrogen and oxygen atoms in total. The maximum atomic E-state index is 14.7. The first-order valence-corrected chi connectivity index (χ1v) is 27.6. The van der Waals surface area contributed by atoms with Crippen molar-refractivity contribution in [3.63, 3.8) is 0 Å². The summed E-state index contributed by atoms with van der Waals surface area (Å²) in [5.41, 5.74) is -5.25. The van der Waals surface area contributed by atoms with Gasteiger partial charge in [0, 0.05) is 58.3 Å². The first kappa shape index (κ1) is 65.6. The number of methoxy groups -OCH3 is 1. The molecule has 0 aliphatic rings. The Bertz CT molecular complexity index is 1860. The molecule has 1 aromatic heterocycles. The molecule has 0 radical (unpaired) electrons. The van der Waals surface area contributed by atoms with E-state index in [1.165, 1.54) is 40.5 Å². The molecule has 0 saturated carbocycles. The highest BCUT2D eigenvalue weighted by molar-refractivity contribution is 8.76. The molecule has 3 N–H and O–H groups in total. The molecule has 0 aliphatic heterocycles. The number of nitrogens with one attached hydrogen (secondary N) is 2. The van der Waals surface area contributed by atoms with E-state index in [9.17, 15) is 28.8 Å². The third kappa shape index (κ3) is 29.2. The lowest BCUT2D eigenvalue weighted by Gasteiger charge is -2.41. The fourth-order valence-corrected chi connectivity index (χ4v) is 11.8. The summed E-state index contributed by atoms with van der Waals surface area (Å²) in [6.45, 7) is 22.7. The highest BCUT2D eigenvalue weighted by Crippen LogP contribution is 2.50. The first-order valence-electron chi connectivity index (χ1n) is 23.1. The number of nitrogens with zero attached hydrogens (tertiary/aromatic N) is 2. The van der Waals surface area contributed by atoms with Gasteiger partial charge in [0.05, 0.1) is 63.5 Å². The molecule has 0 bridgehead atoms. The molecular formula is C47H74N4O15S5. The Kier molecular flexibility index (Phi) is 32.3. The second kappa shape index (κ2) is 34.9. The minimum absolute atomic E-state index is 0.0181. The lowest BCUT2D eigenvalue weighted by Crippen LogP contribution is -2.49. The maximum absolute atomic E-state index is 14.7. The molecular weight excluding hydrogens is 1020 g/mol. The molecule has 1 aromatic rings. The number of thioether (sulfide) groups is 2. The van der Waals surface area contributed by atoms with Crippen molar-refractivity contribution >= 4 is 96.7 Å². The normalized spacial score (nSPS) is 14.8. The van der Waals surface area contributed by atoms with E-state index in [1.54, 1.807) is 60.7 Å². The Balaban J connectivity index is 3.51. The maximum Gasteiger partial charge on any atom is 0.407 e. The predicted molar refractivity (Wildman–Crippen MR) is 280 cm³/mol. The van der Waals surface area contributed by atoms with Gasteiger partial charge in [-0.1, -0.05) is 47.8 Å². The lowest BCUT2D eigenvalue weighted by molar-refractivity contribution is -0.167. The number of carbonyl (C=O) groups excluding carboxylic acids is 5. The van der Waals surface area contributed by atoms with Crippen molar-refractivity contribution in [1.82, 2.24) is 15.6 Å². The zero-order valence-electron chi connectivity index (χ0n) is 42.5. The Morgan fingerprint density at radius 1 is 0.746 bits per heavy atom. The molecule has 24 heteroatoms. The molecule has 0 aliphatic carbocycles. The van der Waals surface area contributed by atoms with Crippen LogP contribution in [0.3, 0.4) is 0 Å². The highest BCUT2D eigenvalue weighted by atomic mass is 33.1. The Morgan fingerprint density at radius 3 is 1.93 bits per heavy atom.